The number of amides is 1. The Morgan fingerprint density at radius 3 is 2.49 bits per heavy atom. The molecule has 1 aliphatic heterocycles. The number of ether oxygens (including phenoxy) is 1. The van der Waals surface area contributed by atoms with Crippen molar-refractivity contribution in [3.8, 4) is 5.75 Å². The number of carbonyl (C=O) groups excluding carboxylic acids is 2. The van der Waals surface area contributed by atoms with Crippen LogP contribution in [0.1, 0.15) is 37.6 Å². The molecule has 0 spiro atoms. The summed E-state index contributed by atoms with van der Waals surface area (Å²) in [6.45, 7) is 7.27. The van der Waals surface area contributed by atoms with Crippen molar-refractivity contribution >= 4 is 28.2 Å². The second-order valence-electron chi connectivity index (χ2n) is 8.56. The van der Waals surface area contributed by atoms with Gasteiger partial charge in [0.2, 0.25) is 0 Å². The first-order valence-corrected chi connectivity index (χ1v) is 12.0. The number of Topliss-reactive ketones (excluding diaryl/α,β-unsaturated/α-hetero) is 1. The number of hydrogen-bond donors (Lipinski definition) is 1. The van der Waals surface area contributed by atoms with Crippen molar-refractivity contribution in [2.24, 2.45) is 0 Å². The molecule has 35 heavy (non-hydrogen) atoms. The van der Waals surface area contributed by atoms with E-state index in [9.17, 15) is 14.7 Å². The molecular weight excluding hydrogens is 442 g/mol. The number of aromatic nitrogens is 1. The highest BCUT2D eigenvalue weighted by Gasteiger charge is 2.46. The van der Waals surface area contributed by atoms with Gasteiger partial charge in [0.15, 0.2) is 0 Å². The van der Waals surface area contributed by atoms with E-state index < -0.39 is 17.7 Å². The van der Waals surface area contributed by atoms with E-state index in [0.29, 0.717) is 17.8 Å². The highest BCUT2D eigenvalue weighted by Crippen LogP contribution is 2.39. The first-order chi connectivity index (χ1) is 17.0. The van der Waals surface area contributed by atoms with E-state index in [4.69, 9.17) is 4.74 Å². The molecule has 3 aromatic rings. The standard InChI is InChI=1S/C28H31N3O4/c1-4-30(5-2)15-8-16-31-25(23-9-6-7-14-29-23)24(27(33)28(31)34)26(32)21-11-10-20-18-22(35-3)13-12-19(20)17-21/h6-7,9-14,17-18,25,32H,4-5,8,15-16H2,1-3H3/b26-24+. The lowest BCUT2D eigenvalue weighted by molar-refractivity contribution is -0.140. The topological polar surface area (TPSA) is 83.0 Å². The molecule has 1 atom stereocenters. The summed E-state index contributed by atoms with van der Waals surface area (Å²) in [6.07, 6.45) is 2.35. The lowest BCUT2D eigenvalue weighted by Gasteiger charge is -2.26. The van der Waals surface area contributed by atoms with E-state index >= 15 is 0 Å². The van der Waals surface area contributed by atoms with Gasteiger partial charge in [-0.25, -0.2) is 0 Å². The maximum absolute atomic E-state index is 13.2. The molecule has 0 bridgehead atoms. The second kappa shape index (κ2) is 10.7. The van der Waals surface area contributed by atoms with E-state index in [-0.39, 0.29) is 11.3 Å². The summed E-state index contributed by atoms with van der Waals surface area (Å²) in [5.74, 6) is -0.744. The van der Waals surface area contributed by atoms with Crippen LogP contribution in [0.5, 0.6) is 5.75 Å². The van der Waals surface area contributed by atoms with Crippen LogP contribution in [-0.4, -0.2) is 64.9 Å². The molecule has 0 aliphatic carbocycles. The van der Waals surface area contributed by atoms with Crippen LogP contribution in [0.15, 0.2) is 66.4 Å². The van der Waals surface area contributed by atoms with Gasteiger partial charge >= 0.3 is 0 Å². The molecule has 2 heterocycles. The number of benzene rings is 2. The minimum atomic E-state index is -0.737. The fourth-order valence-corrected chi connectivity index (χ4v) is 4.61. The van der Waals surface area contributed by atoms with Crippen LogP contribution >= 0.6 is 0 Å². The summed E-state index contributed by atoms with van der Waals surface area (Å²) >= 11 is 0. The molecule has 1 N–H and O–H groups in total. The molecule has 1 amide bonds. The van der Waals surface area contributed by atoms with Crippen molar-refractivity contribution in [3.05, 3.63) is 77.6 Å². The van der Waals surface area contributed by atoms with Gasteiger partial charge < -0.3 is 19.6 Å². The molecule has 1 fully saturated rings. The summed E-state index contributed by atoms with van der Waals surface area (Å²) in [7, 11) is 1.61. The average Bonchev–Trinajstić information content (AvgIpc) is 3.15. The molecule has 4 rings (SSSR count). The Bertz CT molecular complexity index is 1250. The number of ketones is 1. The lowest BCUT2D eigenvalue weighted by atomic mass is 9.97. The maximum atomic E-state index is 13.2. The van der Waals surface area contributed by atoms with E-state index in [1.54, 1.807) is 36.4 Å². The zero-order chi connectivity index (χ0) is 24.9. The van der Waals surface area contributed by atoms with E-state index in [2.05, 4.69) is 23.7 Å². The van der Waals surface area contributed by atoms with Crippen LogP contribution in [0.2, 0.25) is 0 Å². The van der Waals surface area contributed by atoms with Crippen LogP contribution < -0.4 is 4.74 Å². The minimum Gasteiger partial charge on any atom is -0.507 e. The van der Waals surface area contributed by atoms with Gasteiger partial charge in [0.1, 0.15) is 17.6 Å². The summed E-state index contributed by atoms with van der Waals surface area (Å²) in [5.41, 5.74) is 1.11. The zero-order valence-electron chi connectivity index (χ0n) is 20.4. The third-order valence-electron chi connectivity index (χ3n) is 6.60. The van der Waals surface area contributed by atoms with Gasteiger partial charge in [0.05, 0.1) is 18.4 Å². The predicted molar refractivity (Wildman–Crippen MR) is 136 cm³/mol. The third-order valence-corrected chi connectivity index (χ3v) is 6.60. The Balaban J connectivity index is 1.74. The minimum absolute atomic E-state index is 0.0735. The Morgan fingerprint density at radius 2 is 1.80 bits per heavy atom. The number of nitrogens with zero attached hydrogens (tertiary/aromatic N) is 3. The fourth-order valence-electron chi connectivity index (χ4n) is 4.61. The number of likely N-dealkylation sites (tertiary alicyclic amines) is 1. The number of rotatable bonds is 9. The third kappa shape index (κ3) is 4.91. The van der Waals surface area contributed by atoms with Crippen molar-refractivity contribution in [1.29, 1.82) is 0 Å². The predicted octanol–water partition coefficient (Wildman–Crippen LogP) is 4.40. The van der Waals surface area contributed by atoms with Crippen LogP contribution in [0.4, 0.5) is 0 Å². The molecule has 1 aromatic heterocycles. The molecule has 0 saturated carbocycles. The summed E-state index contributed by atoms with van der Waals surface area (Å²) < 4.78 is 5.29. The van der Waals surface area contributed by atoms with Gasteiger partial charge in [-0.05, 0) is 67.2 Å². The summed E-state index contributed by atoms with van der Waals surface area (Å²) in [6, 6.07) is 15.7. The molecule has 1 aliphatic rings. The SMILES string of the molecule is CCN(CC)CCCN1C(=O)C(=O)/C(=C(/O)c2ccc3cc(OC)ccc3c2)C1c1ccccn1. The highest BCUT2D eigenvalue weighted by atomic mass is 16.5. The van der Waals surface area contributed by atoms with E-state index in [1.807, 2.05) is 36.4 Å². The van der Waals surface area contributed by atoms with Crippen molar-refractivity contribution in [2.45, 2.75) is 26.3 Å². The van der Waals surface area contributed by atoms with Crippen molar-refractivity contribution in [3.63, 3.8) is 0 Å². The molecule has 7 heteroatoms. The number of pyridine rings is 1. The van der Waals surface area contributed by atoms with Crippen LogP contribution in [0.25, 0.3) is 16.5 Å². The maximum Gasteiger partial charge on any atom is 0.295 e. The normalized spacial score (nSPS) is 17.5. The monoisotopic (exact) mass is 473 g/mol. The lowest BCUT2D eigenvalue weighted by Crippen LogP contribution is -2.33. The largest absolute Gasteiger partial charge is 0.507 e. The fraction of sp³-hybridized carbons (Fsp3) is 0.321. The van der Waals surface area contributed by atoms with Crippen molar-refractivity contribution in [2.75, 3.05) is 33.3 Å². The summed E-state index contributed by atoms with van der Waals surface area (Å²) in [5, 5.41) is 13.2. The summed E-state index contributed by atoms with van der Waals surface area (Å²) in [4.78, 5) is 34.6. The van der Waals surface area contributed by atoms with E-state index in [1.165, 1.54) is 0 Å². The quantitative estimate of drug-likeness (QED) is 0.282. The number of methoxy groups -OCH3 is 1. The smallest absolute Gasteiger partial charge is 0.295 e. The molecule has 182 valence electrons. The average molecular weight is 474 g/mol. The van der Waals surface area contributed by atoms with Crippen molar-refractivity contribution < 1.29 is 19.4 Å². The Morgan fingerprint density at radius 1 is 1.06 bits per heavy atom. The first kappa shape index (κ1) is 24.4. The number of carbonyl (C=O) groups is 2. The molecule has 2 aromatic carbocycles. The van der Waals surface area contributed by atoms with Gasteiger partial charge in [-0.1, -0.05) is 38.1 Å². The Hall–Kier alpha value is -3.71. The van der Waals surface area contributed by atoms with Gasteiger partial charge in [0.25, 0.3) is 11.7 Å². The molecule has 0 radical (unpaired) electrons. The number of fused-ring (bicyclic) bond motifs is 1. The number of hydrogen-bond acceptors (Lipinski definition) is 6. The highest BCUT2D eigenvalue weighted by molar-refractivity contribution is 6.46. The zero-order valence-corrected chi connectivity index (χ0v) is 20.4. The molecule has 1 unspecified atom stereocenters. The van der Waals surface area contributed by atoms with Crippen molar-refractivity contribution in [1.82, 2.24) is 14.8 Å². The van der Waals surface area contributed by atoms with Gasteiger partial charge in [-0.2, -0.15) is 0 Å². The second-order valence-corrected chi connectivity index (χ2v) is 8.56. The van der Waals surface area contributed by atoms with Crippen LogP contribution in [0.3, 0.4) is 0 Å². The molecular formula is C28H31N3O4. The molecule has 7 nitrogen and oxygen atoms in total. The number of aliphatic hydroxyl groups excluding tert-OH is 1. The Labute approximate surface area is 205 Å². The van der Waals surface area contributed by atoms with Gasteiger partial charge in [-0.15, -0.1) is 0 Å². The van der Waals surface area contributed by atoms with E-state index in [0.717, 1.165) is 42.6 Å². The molecule has 1 saturated heterocycles. The number of aliphatic hydroxyl groups is 1. The first-order valence-electron chi connectivity index (χ1n) is 12.0. The van der Waals surface area contributed by atoms with Crippen LogP contribution in [-0.2, 0) is 9.59 Å². The Kier molecular flexibility index (Phi) is 7.46. The van der Waals surface area contributed by atoms with Gasteiger partial charge in [-0.3, -0.25) is 14.6 Å². The van der Waals surface area contributed by atoms with Crippen LogP contribution in [0, 0.1) is 0 Å². The van der Waals surface area contributed by atoms with Gasteiger partial charge in [0, 0.05) is 18.3 Å².